The van der Waals surface area contributed by atoms with E-state index in [1.807, 2.05) is 33.8 Å². The van der Waals surface area contributed by atoms with Gasteiger partial charge < -0.3 is 24.8 Å². The lowest BCUT2D eigenvalue weighted by atomic mass is 9.78. The second-order valence-electron chi connectivity index (χ2n) is 7.79. The third kappa shape index (κ3) is 2.94. The van der Waals surface area contributed by atoms with E-state index in [1.165, 1.54) is 21.1 Å². The van der Waals surface area contributed by atoms with Gasteiger partial charge in [0.25, 0.3) is 0 Å². The van der Waals surface area contributed by atoms with Gasteiger partial charge in [-0.15, -0.1) is 0 Å². The van der Waals surface area contributed by atoms with E-state index in [0.717, 1.165) is 16.9 Å². The molecular weight excluding hydrogens is 396 g/mol. The molecule has 0 bridgehead atoms. The highest BCUT2D eigenvalue weighted by Crippen LogP contribution is 2.47. The number of hydrogen-bond acceptors (Lipinski definition) is 6. The van der Waals surface area contributed by atoms with Crippen LogP contribution in [0.3, 0.4) is 0 Å². The van der Waals surface area contributed by atoms with Gasteiger partial charge in [0, 0.05) is 23.9 Å². The van der Waals surface area contributed by atoms with E-state index in [-0.39, 0.29) is 23.6 Å². The Labute approximate surface area is 171 Å². The molecular formula is C19H22N4O5S. The molecule has 2 aliphatic heterocycles. The smallest absolute Gasteiger partial charge is 0.250 e. The monoisotopic (exact) mass is 418 g/mol. The minimum Gasteiger partial charge on any atom is -0.543 e. The summed E-state index contributed by atoms with van der Waals surface area (Å²) in [6, 6.07) is -0.355. The number of carbonyl (C=O) groups is 3. The number of thiazole rings is 1. The van der Waals surface area contributed by atoms with Gasteiger partial charge in [-0.05, 0) is 6.92 Å². The van der Waals surface area contributed by atoms with Crippen LogP contribution in [0.25, 0.3) is 4.83 Å². The van der Waals surface area contributed by atoms with Gasteiger partial charge in [-0.2, -0.15) is 4.40 Å². The van der Waals surface area contributed by atoms with E-state index in [1.54, 1.807) is 14.0 Å². The van der Waals surface area contributed by atoms with Crippen molar-refractivity contribution < 1.29 is 29.0 Å². The van der Waals surface area contributed by atoms with E-state index >= 15 is 0 Å². The van der Waals surface area contributed by atoms with Crippen molar-refractivity contribution >= 4 is 34.5 Å². The summed E-state index contributed by atoms with van der Waals surface area (Å²) in [5.41, 5.74) is 1.48. The highest BCUT2D eigenvalue weighted by Gasteiger charge is 2.58. The van der Waals surface area contributed by atoms with Gasteiger partial charge in [0.15, 0.2) is 0 Å². The predicted octanol–water partition coefficient (Wildman–Crippen LogP) is -1.26. The van der Waals surface area contributed by atoms with E-state index in [0.29, 0.717) is 18.7 Å². The summed E-state index contributed by atoms with van der Waals surface area (Å²) < 4.78 is 3.83. The first kappa shape index (κ1) is 19.6. The number of carbonyl (C=O) groups excluding carboxylic acids is 3. The van der Waals surface area contributed by atoms with Gasteiger partial charge >= 0.3 is 0 Å². The molecule has 2 aromatic heterocycles. The van der Waals surface area contributed by atoms with Crippen LogP contribution in [-0.2, 0) is 27.5 Å². The molecule has 4 atom stereocenters. The second kappa shape index (κ2) is 6.96. The summed E-state index contributed by atoms with van der Waals surface area (Å²) in [5.74, 6) is -2.54. The van der Waals surface area contributed by atoms with Crippen LogP contribution >= 0.6 is 11.3 Å². The van der Waals surface area contributed by atoms with Crippen molar-refractivity contribution in [3.63, 3.8) is 0 Å². The number of carboxylic acid groups (broad SMARTS) is 1. The molecule has 0 spiro atoms. The number of aliphatic carboxylic acids is 1. The van der Waals surface area contributed by atoms with Gasteiger partial charge in [-0.1, -0.05) is 18.3 Å². The Hall–Kier alpha value is -2.72. The van der Waals surface area contributed by atoms with Crippen LogP contribution in [0.1, 0.15) is 19.5 Å². The molecule has 0 radical (unpaired) electrons. The molecule has 4 heterocycles. The van der Waals surface area contributed by atoms with Gasteiger partial charge in [-0.25, -0.2) is 4.57 Å². The Morgan fingerprint density at radius 3 is 2.86 bits per heavy atom. The number of β-lactam (4-membered cyclic amide) rings is 1. The maximum Gasteiger partial charge on any atom is 0.250 e. The van der Waals surface area contributed by atoms with Crippen molar-refractivity contribution in [3.8, 4) is 0 Å². The molecule has 4 rings (SSSR count). The van der Waals surface area contributed by atoms with Crippen LogP contribution in [0, 0.1) is 11.8 Å². The van der Waals surface area contributed by atoms with Crippen molar-refractivity contribution in [1.82, 2.24) is 14.4 Å². The summed E-state index contributed by atoms with van der Waals surface area (Å²) in [6.07, 6.45) is 3.69. The summed E-state index contributed by atoms with van der Waals surface area (Å²) in [6.45, 7) is 4.20. The van der Waals surface area contributed by atoms with Crippen LogP contribution in [-0.4, -0.2) is 57.0 Å². The fourth-order valence-electron chi connectivity index (χ4n) is 4.46. The summed E-state index contributed by atoms with van der Waals surface area (Å²) in [7, 11) is 1.70. The number of rotatable bonds is 7. The van der Waals surface area contributed by atoms with Gasteiger partial charge in [0.1, 0.15) is 18.4 Å². The molecule has 10 heteroatoms. The van der Waals surface area contributed by atoms with E-state index < -0.39 is 18.0 Å². The zero-order valence-electron chi connectivity index (χ0n) is 16.3. The lowest BCUT2D eigenvalue weighted by Crippen LogP contribution is -2.64. The Bertz CT molecular complexity index is 1040. The largest absolute Gasteiger partial charge is 0.543 e. The number of nitrogens with zero attached hydrogens (tertiary/aromatic N) is 4. The van der Waals surface area contributed by atoms with Crippen LogP contribution in [0.2, 0.25) is 0 Å². The van der Waals surface area contributed by atoms with Crippen molar-refractivity contribution in [2.24, 2.45) is 11.8 Å². The number of aliphatic hydroxyl groups excluding tert-OH is 1. The summed E-state index contributed by atoms with van der Waals surface area (Å²) >= 11 is 1.53. The minimum atomic E-state index is -1.37. The van der Waals surface area contributed by atoms with Crippen LogP contribution in [0.15, 0.2) is 29.2 Å². The van der Waals surface area contributed by atoms with Crippen molar-refractivity contribution in [2.45, 2.75) is 39.1 Å². The third-order valence-electron chi connectivity index (χ3n) is 5.86. The van der Waals surface area contributed by atoms with E-state index in [2.05, 4.69) is 0 Å². The first-order valence-corrected chi connectivity index (χ1v) is 10.2. The lowest BCUT2D eigenvalue weighted by Gasteiger charge is -2.47. The number of hydrogen-bond donors (Lipinski definition) is 1. The standard InChI is InChI=1S/C19H22N4O5S/c1-10-13(17(19(27)28)23-16(10)15(11(2)25)18(23)26)5-21-6-14-22(8-21)12(7-29-14)4-20(3)9-24/h6-11,15-16,25H,4-5H2,1-3H3/t10-,11+,15+,16+/m0/s1. The molecule has 2 aromatic rings. The van der Waals surface area contributed by atoms with Gasteiger partial charge in [0.2, 0.25) is 23.5 Å². The first-order valence-electron chi connectivity index (χ1n) is 9.33. The average molecular weight is 418 g/mol. The van der Waals surface area contributed by atoms with Crippen molar-refractivity contribution in [1.29, 1.82) is 0 Å². The van der Waals surface area contributed by atoms with Crippen molar-refractivity contribution in [3.05, 3.63) is 34.9 Å². The molecule has 0 saturated carbocycles. The third-order valence-corrected chi connectivity index (χ3v) is 6.79. The zero-order chi connectivity index (χ0) is 21.0. The topological polar surface area (TPSA) is 110 Å². The lowest BCUT2D eigenvalue weighted by molar-refractivity contribution is -0.519. The molecule has 0 aromatic carbocycles. The van der Waals surface area contributed by atoms with Gasteiger partial charge in [0.05, 0.1) is 36.3 Å². The minimum absolute atomic E-state index is 0.0765. The number of amides is 2. The quantitative estimate of drug-likeness (QED) is 0.343. The molecule has 29 heavy (non-hydrogen) atoms. The maximum atomic E-state index is 12.4. The van der Waals surface area contributed by atoms with E-state index in [9.17, 15) is 24.6 Å². The molecule has 1 fully saturated rings. The molecule has 9 nitrogen and oxygen atoms in total. The molecule has 2 aliphatic rings. The van der Waals surface area contributed by atoms with Crippen LogP contribution in [0.5, 0.6) is 0 Å². The van der Waals surface area contributed by atoms with Crippen molar-refractivity contribution in [2.75, 3.05) is 7.05 Å². The van der Waals surface area contributed by atoms with Gasteiger partial charge in [-0.3, -0.25) is 9.59 Å². The average Bonchev–Trinajstić information content (AvgIpc) is 3.28. The second-order valence-corrected chi connectivity index (χ2v) is 8.68. The molecule has 2 amide bonds. The number of imidazole rings is 1. The highest BCUT2D eigenvalue weighted by atomic mass is 32.1. The predicted molar refractivity (Wildman–Crippen MR) is 100 cm³/mol. The first-order chi connectivity index (χ1) is 13.7. The maximum absolute atomic E-state index is 12.4. The number of fused-ring (bicyclic) bond motifs is 2. The highest BCUT2D eigenvalue weighted by molar-refractivity contribution is 7.15. The number of aliphatic hydroxyl groups is 1. The Kier molecular flexibility index (Phi) is 4.70. The molecule has 0 unspecified atom stereocenters. The number of carboxylic acids is 1. The Morgan fingerprint density at radius 2 is 2.24 bits per heavy atom. The molecule has 1 saturated heterocycles. The Morgan fingerprint density at radius 1 is 1.52 bits per heavy atom. The molecule has 0 aliphatic carbocycles. The summed E-state index contributed by atoms with van der Waals surface area (Å²) in [5, 5.41) is 23.7. The fourth-order valence-corrected chi connectivity index (χ4v) is 5.38. The summed E-state index contributed by atoms with van der Waals surface area (Å²) in [4.78, 5) is 38.9. The SMILES string of the molecule is C[C@@H](O)[C@H]1C(=O)N2C(C(=O)[O-])=C(Cn3cc4scc(CN(C)C=O)[n+]4c3)[C@H](C)[C@H]12. The normalized spacial score (nSPS) is 24.6. The van der Waals surface area contributed by atoms with Crippen LogP contribution in [0.4, 0.5) is 0 Å². The van der Waals surface area contributed by atoms with E-state index in [4.69, 9.17) is 0 Å². The molecule has 154 valence electrons. The fraction of sp³-hybridized carbons (Fsp3) is 0.474. The Balaban J connectivity index is 1.66. The molecule has 1 N–H and O–H groups in total. The van der Waals surface area contributed by atoms with Crippen LogP contribution < -0.4 is 9.51 Å². The number of aromatic nitrogens is 2. The zero-order valence-corrected chi connectivity index (χ0v) is 17.1.